The Morgan fingerprint density at radius 2 is 1.70 bits per heavy atom. The SMILES string of the molecule is Cc1ccc(-c2nc(NCc3ccc(F)cc3)n(C(=O)c3cccc(C)c3)n2)cc1. The number of nitrogens with one attached hydrogen (secondary N) is 1. The highest BCUT2D eigenvalue weighted by atomic mass is 19.1. The first-order valence-corrected chi connectivity index (χ1v) is 9.63. The predicted molar refractivity (Wildman–Crippen MR) is 115 cm³/mol. The number of halogens is 1. The number of carbonyl (C=O) groups excluding carboxylic acids is 1. The van der Waals surface area contributed by atoms with Gasteiger partial charge in [-0.05, 0) is 43.7 Å². The summed E-state index contributed by atoms with van der Waals surface area (Å²) in [4.78, 5) is 17.7. The Hall–Kier alpha value is -3.80. The third kappa shape index (κ3) is 4.27. The van der Waals surface area contributed by atoms with Crippen LogP contribution in [0.3, 0.4) is 0 Å². The van der Waals surface area contributed by atoms with E-state index in [-0.39, 0.29) is 11.7 Å². The average Bonchev–Trinajstić information content (AvgIpc) is 3.17. The Labute approximate surface area is 174 Å². The standard InChI is InChI=1S/C24H21FN4O/c1-16-6-10-19(11-7-16)22-27-24(26-15-18-8-12-21(25)13-9-18)29(28-22)23(30)20-5-3-4-17(2)14-20/h3-14H,15H2,1-2H3,(H,26,27,28). The van der Waals surface area contributed by atoms with Crippen LogP contribution in [0.25, 0.3) is 11.4 Å². The summed E-state index contributed by atoms with van der Waals surface area (Å²) in [5, 5.41) is 7.64. The number of hydrogen-bond donors (Lipinski definition) is 1. The molecule has 4 aromatic rings. The first-order valence-electron chi connectivity index (χ1n) is 9.63. The molecule has 0 aliphatic rings. The van der Waals surface area contributed by atoms with Gasteiger partial charge in [0.15, 0.2) is 5.82 Å². The van der Waals surface area contributed by atoms with E-state index in [0.717, 1.165) is 22.3 Å². The largest absolute Gasteiger partial charge is 0.350 e. The molecule has 3 aromatic carbocycles. The lowest BCUT2D eigenvalue weighted by Gasteiger charge is -2.08. The summed E-state index contributed by atoms with van der Waals surface area (Å²) in [6.07, 6.45) is 0. The molecule has 1 heterocycles. The molecule has 0 atom stereocenters. The molecule has 4 rings (SSSR count). The minimum atomic E-state index is -0.293. The third-order valence-electron chi connectivity index (χ3n) is 4.74. The molecule has 0 bridgehead atoms. The number of rotatable bonds is 5. The average molecular weight is 400 g/mol. The summed E-state index contributed by atoms with van der Waals surface area (Å²) in [6.45, 7) is 4.32. The number of anilines is 1. The summed E-state index contributed by atoms with van der Waals surface area (Å²) in [5.74, 6) is 0.225. The minimum Gasteiger partial charge on any atom is -0.350 e. The summed E-state index contributed by atoms with van der Waals surface area (Å²) in [7, 11) is 0. The van der Waals surface area contributed by atoms with E-state index < -0.39 is 0 Å². The van der Waals surface area contributed by atoms with Gasteiger partial charge in [-0.1, -0.05) is 59.7 Å². The van der Waals surface area contributed by atoms with Crippen LogP contribution in [0.15, 0.2) is 72.8 Å². The monoisotopic (exact) mass is 400 g/mol. The second kappa shape index (κ2) is 8.29. The van der Waals surface area contributed by atoms with E-state index in [1.807, 2.05) is 56.3 Å². The highest BCUT2D eigenvalue weighted by molar-refractivity contribution is 5.97. The highest BCUT2D eigenvalue weighted by Gasteiger charge is 2.19. The Kier molecular flexibility index (Phi) is 5.39. The lowest BCUT2D eigenvalue weighted by Crippen LogP contribution is -2.17. The van der Waals surface area contributed by atoms with Crippen molar-refractivity contribution in [1.82, 2.24) is 14.8 Å². The van der Waals surface area contributed by atoms with Crippen molar-refractivity contribution in [3.63, 3.8) is 0 Å². The first-order chi connectivity index (χ1) is 14.5. The van der Waals surface area contributed by atoms with Gasteiger partial charge in [-0.25, -0.2) is 4.39 Å². The molecule has 6 heteroatoms. The van der Waals surface area contributed by atoms with Gasteiger partial charge in [0, 0.05) is 17.7 Å². The van der Waals surface area contributed by atoms with Crippen molar-refractivity contribution in [3.8, 4) is 11.4 Å². The van der Waals surface area contributed by atoms with Crippen LogP contribution < -0.4 is 5.32 Å². The molecule has 0 amide bonds. The molecular formula is C24H21FN4O. The van der Waals surface area contributed by atoms with Gasteiger partial charge in [-0.15, -0.1) is 5.10 Å². The van der Waals surface area contributed by atoms with Crippen LogP contribution in [0.5, 0.6) is 0 Å². The predicted octanol–water partition coefficient (Wildman–Crippen LogP) is 5.00. The van der Waals surface area contributed by atoms with E-state index in [0.29, 0.717) is 23.9 Å². The van der Waals surface area contributed by atoms with Crippen molar-refractivity contribution in [1.29, 1.82) is 0 Å². The molecule has 0 saturated carbocycles. The van der Waals surface area contributed by atoms with Crippen molar-refractivity contribution in [2.45, 2.75) is 20.4 Å². The number of benzene rings is 3. The Balaban J connectivity index is 1.69. The molecule has 0 fully saturated rings. The van der Waals surface area contributed by atoms with Crippen LogP contribution in [-0.4, -0.2) is 20.7 Å². The molecule has 0 radical (unpaired) electrons. The number of nitrogens with zero attached hydrogens (tertiary/aromatic N) is 3. The summed E-state index contributed by atoms with van der Waals surface area (Å²) in [5.41, 5.74) is 4.33. The van der Waals surface area contributed by atoms with Crippen molar-refractivity contribution in [2.75, 3.05) is 5.32 Å². The first kappa shape index (κ1) is 19.5. The minimum absolute atomic E-state index is 0.272. The fourth-order valence-electron chi connectivity index (χ4n) is 3.08. The normalized spacial score (nSPS) is 10.8. The van der Waals surface area contributed by atoms with Crippen LogP contribution >= 0.6 is 0 Å². The smallest absolute Gasteiger partial charge is 0.281 e. The van der Waals surface area contributed by atoms with Gasteiger partial charge >= 0.3 is 0 Å². The van der Waals surface area contributed by atoms with E-state index in [2.05, 4.69) is 15.4 Å². The zero-order valence-electron chi connectivity index (χ0n) is 16.8. The van der Waals surface area contributed by atoms with Crippen LogP contribution in [0, 0.1) is 19.7 Å². The summed E-state index contributed by atoms with van der Waals surface area (Å²) < 4.78 is 14.5. The van der Waals surface area contributed by atoms with Crippen molar-refractivity contribution >= 4 is 11.9 Å². The highest BCUT2D eigenvalue weighted by Crippen LogP contribution is 2.20. The molecule has 0 spiro atoms. The van der Waals surface area contributed by atoms with E-state index in [1.165, 1.54) is 16.8 Å². The molecule has 5 nitrogen and oxygen atoms in total. The number of hydrogen-bond acceptors (Lipinski definition) is 4. The molecule has 0 aliphatic heterocycles. The maximum atomic E-state index is 13.2. The molecule has 1 aromatic heterocycles. The van der Waals surface area contributed by atoms with Gasteiger partial charge in [0.05, 0.1) is 0 Å². The molecule has 150 valence electrons. The number of carbonyl (C=O) groups is 1. The Bertz CT molecular complexity index is 1180. The molecule has 0 saturated heterocycles. The van der Waals surface area contributed by atoms with Gasteiger partial charge in [-0.2, -0.15) is 9.67 Å². The fourth-order valence-corrected chi connectivity index (χ4v) is 3.08. The van der Waals surface area contributed by atoms with Crippen molar-refractivity contribution < 1.29 is 9.18 Å². The van der Waals surface area contributed by atoms with E-state index in [4.69, 9.17) is 0 Å². The van der Waals surface area contributed by atoms with E-state index >= 15 is 0 Å². The van der Waals surface area contributed by atoms with Crippen LogP contribution in [-0.2, 0) is 6.54 Å². The maximum Gasteiger partial charge on any atom is 0.281 e. The lowest BCUT2D eigenvalue weighted by atomic mass is 10.1. The molecule has 0 unspecified atom stereocenters. The summed E-state index contributed by atoms with van der Waals surface area (Å²) in [6, 6.07) is 21.3. The van der Waals surface area contributed by atoms with Gasteiger partial charge in [0.2, 0.25) is 5.95 Å². The van der Waals surface area contributed by atoms with Gasteiger partial charge < -0.3 is 5.32 Å². The van der Waals surface area contributed by atoms with Crippen LogP contribution in [0.1, 0.15) is 27.0 Å². The van der Waals surface area contributed by atoms with Crippen LogP contribution in [0.2, 0.25) is 0 Å². The van der Waals surface area contributed by atoms with Crippen molar-refractivity contribution in [2.24, 2.45) is 0 Å². The lowest BCUT2D eigenvalue weighted by molar-refractivity contribution is 0.0947. The second-order valence-electron chi connectivity index (χ2n) is 7.19. The fraction of sp³-hybridized carbons (Fsp3) is 0.125. The van der Waals surface area contributed by atoms with E-state index in [1.54, 1.807) is 18.2 Å². The molecule has 0 aliphatic carbocycles. The topological polar surface area (TPSA) is 59.8 Å². The second-order valence-corrected chi connectivity index (χ2v) is 7.19. The Morgan fingerprint density at radius 1 is 0.967 bits per heavy atom. The van der Waals surface area contributed by atoms with Gasteiger partial charge in [0.25, 0.3) is 5.91 Å². The number of aromatic nitrogens is 3. The van der Waals surface area contributed by atoms with Gasteiger partial charge in [0.1, 0.15) is 5.82 Å². The molecule has 30 heavy (non-hydrogen) atoms. The Morgan fingerprint density at radius 3 is 2.40 bits per heavy atom. The number of aryl methyl sites for hydroxylation is 2. The molecular weight excluding hydrogens is 379 g/mol. The van der Waals surface area contributed by atoms with E-state index in [9.17, 15) is 9.18 Å². The molecule has 1 N–H and O–H groups in total. The summed E-state index contributed by atoms with van der Waals surface area (Å²) >= 11 is 0. The zero-order chi connectivity index (χ0) is 21.1. The van der Waals surface area contributed by atoms with Gasteiger partial charge in [-0.3, -0.25) is 4.79 Å². The van der Waals surface area contributed by atoms with Crippen LogP contribution in [0.4, 0.5) is 10.3 Å². The maximum absolute atomic E-state index is 13.2. The zero-order valence-corrected chi connectivity index (χ0v) is 16.8. The van der Waals surface area contributed by atoms with Crippen molar-refractivity contribution in [3.05, 3.63) is 101 Å². The quantitative estimate of drug-likeness (QED) is 0.512. The third-order valence-corrected chi connectivity index (χ3v) is 4.74.